The molecule has 4 heteroatoms. The van der Waals surface area contributed by atoms with Crippen LogP contribution in [0, 0.1) is 5.92 Å². The third-order valence-corrected chi connectivity index (χ3v) is 3.51. The van der Waals surface area contributed by atoms with Gasteiger partial charge in [-0.1, -0.05) is 20.8 Å². The molecule has 1 N–H and O–H groups in total. The number of rotatable bonds is 5. The van der Waals surface area contributed by atoms with Gasteiger partial charge in [-0.25, -0.2) is 9.97 Å². The Morgan fingerprint density at radius 3 is 2.67 bits per heavy atom. The zero-order valence-corrected chi connectivity index (χ0v) is 10.7. The summed E-state index contributed by atoms with van der Waals surface area (Å²) >= 11 is 1.82. The summed E-state index contributed by atoms with van der Waals surface area (Å²) in [5, 5.41) is 4.23. The highest BCUT2D eigenvalue weighted by atomic mass is 32.2. The second kappa shape index (κ2) is 5.95. The van der Waals surface area contributed by atoms with E-state index in [1.807, 2.05) is 18.8 Å². The maximum Gasteiger partial charge on any atom is 0.133 e. The summed E-state index contributed by atoms with van der Waals surface area (Å²) in [5.74, 6) is 2.75. The molecule has 0 fully saturated rings. The first kappa shape index (κ1) is 12.3. The third-order valence-electron chi connectivity index (χ3n) is 2.05. The summed E-state index contributed by atoms with van der Waals surface area (Å²) in [6, 6.07) is 0. The van der Waals surface area contributed by atoms with Crippen LogP contribution in [0.3, 0.4) is 0 Å². The number of nitrogens with one attached hydrogen (secondary N) is 1. The Labute approximate surface area is 96.1 Å². The first-order valence-corrected chi connectivity index (χ1v) is 6.32. The molecule has 0 atom stereocenters. The van der Waals surface area contributed by atoms with Crippen LogP contribution in [0.15, 0.2) is 11.4 Å². The largest absolute Gasteiger partial charge is 0.373 e. The Balaban J connectivity index is 2.86. The van der Waals surface area contributed by atoms with Gasteiger partial charge in [0.05, 0.1) is 0 Å². The fraction of sp³-hybridized carbons (Fsp3) is 0.636. The van der Waals surface area contributed by atoms with E-state index in [1.54, 1.807) is 6.33 Å². The summed E-state index contributed by atoms with van der Waals surface area (Å²) in [6.07, 6.45) is 2.60. The van der Waals surface area contributed by atoms with E-state index in [9.17, 15) is 0 Å². The molecule has 0 bridgehead atoms. The van der Waals surface area contributed by atoms with Gasteiger partial charge in [-0.2, -0.15) is 0 Å². The number of aromatic nitrogens is 2. The van der Waals surface area contributed by atoms with Crippen LogP contribution in [0.2, 0.25) is 0 Å². The second-order valence-electron chi connectivity index (χ2n) is 3.81. The van der Waals surface area contributed by atoms with E-state index < -0.39 is 0 Å². The van der Waals surface area contributed by atoms with Gasteiger partial charge in [-0.05, 0) is 12.3 Å². The van der Waals surface area contributed by atoms with Crippen molar-refractivity contribution in [3.63, 3.8) is 0 Å². The first-order valence-electron chi connectivity index (χ1n) is 5.33. The van der Waals surface area contributed by atoms with Crippen molar-refractivity contribution < 1.29 is 0 Å². The number of hydrogen-bond acceptors (Lipinski definition) is 4. The van der Waals surface area contributed by atoms with Gasteiger partial charge in [0.25, 0.3) is 0 Å². The SMILES string of the molecule is CCc1c(NC)ncnc1SCC(C)C. The van der Waals surface area contributed by atoms with Gasteiger partial charge >= 0.3 is 0 Å². The lowest BCUT2D eigenvalue weighted by Gasteiger charge is -2.11. The summed E-state index contributed by atoms with van der Waals surface area (Å²) < 4.78 is 0. The standard InChI is InChI=1S/C11H19N3S/c1-5-9-10(12-4)13-7-14-11(9)15-6-8(2)3/h7-8H,5-6H2,1-4H3,(H,12,13,14). The zero-order chi connectivity index (χ0) is 11.3. The lowest BCUT2D eigenvalue weighted by molar-refractivity contribution is 0.748. The molecule has 0 spiro atoms. The van der Waals surface area contributed by atoms with Crippen molar-refractivity contribution in [2.45, 2.75) is 32.2 Å². The van der Waals surface area contributed by atoms with E-state index in [0.29, 0.717) is 5.92 Å². The van der Waals surface area contributed by atoms with Crippen molar-refractivity contribution >= 4 is 17.6 Å². The highest BCUT2D eigenvalue weighted by Crippen LogP contribution is 2.26. The normalized spacial score (nSPS) is 10.7. The number of hydrogen-bond donors (Lipinski definition) is 1. The quantitative estimate of drug-likeness (QED) is 0.617. The molecule has 0 aliphatic rings. The predicted octanol–water partition coefficient (Wildman–Crippen LogP) is 2.83. The van der Waals surface area contributed by atoms with Crippen LogP contribution in [0.25, 0.3) is 0 Å². The lowest BCUT2D eigenvalue weighted by atomic mass is 10.2. The van der Waals surface area contributed by atoms with E-state index in [-0.39, 0.29) is 0 Å². The molecule has 1 rings (SSSR count). The van der Waals surface area contributed by atoms with Gasteiger partial charge < -0.3 is 5.32 Å². The topological polar surface area (TPSA) is 37.8 Å². The Morgan fingerprint density at radius 1 is 1.40 bits per heavy atom. The van der Waals surface area contributed by atoms with Gasteiger partial charge in [0, 0.05) is 18.4 Å². The average Bonchev–Trinajstić information content (AvgIpc) is 2.25. The molecule has 15 heavy (non-hydrogen) atoms. The molecular formula is C11H19N3S. The van der Waals surface area contributed by atoms with Crippen LogP contribution < -0.4 is 5.32 Å². The molecule has 0 aromatic carbocycles. The van der Waals surface area contributed by atoms with Gasteiger partial charge in [0.15, 0.2) is 0 Å². The number of nitrogens with zero attached hydrogens (tertiary/aromatic N) is 2. The smallest absolute Gasteiger partial charge is 0.133 e. The molecule has 0 saturated carbocycles. The minimum absolute atomic E-state index is 0.688. The molecule has 0 unspecified atom stereocenters. The maximum atomic E-state index is 4.34. The summed E-state index contributed by atoms with van der Waals surface area (Å²) in [7, 11) is 1.90. The highest BCUT2D eigenvalue weighted by molar-refractivity contribution is 7.99. The Kier molecular flexibility index (Phi) is 4.88. The van der Waals surface area contributed by atoms with E-state index in [4.69, 9.17) is 0 Å². The monoisotopic (exact) mass is 225 g/mol. The van der Waals surface area contributed by atoms with Crippen molar-refractivity contribution in [3.8, 4) is 0 Å². The van der Waals surface area contributed by atoms with Crippen LogP contribution in [0.1, 0.15) is 26.3 Å². The van der Waals surface area contributed by atoms with Gasteiger partial charge in [-0.3, -0.25) is 0 Å². The van der Waals surface area contributed by atoms with E-state index in [1.165, 1.54) is 5.56 Å². The Morgan fingerprint density at radius 2 is 2.13 bits per heavy atom. The minimum Gasteiger partial charge on any atom is -0.373 e. The molecular weight excluding hydrogens is 206 g/mol. The molecule has 1 aromatic heterocycles. The van der Waals surface area contributed by atoms with Crippen molar-refractivity contribution in [2.24, 2.45) is 5.92 Å². The molecule has 1 heterocycles. The van der Waals surface area contributed by atoms with Crippen LogP contribution in [-0.4, -0.2) is 22.8 Å². The maximum absolute atomic E-state index is 4.34. The first-order chi connectivity index (χ1) is 7.19. The van der Waals surface area contributed by atoms with Crippen molar-refractivity contribution in [3.05, 3.63) is 11.9 Å². The van der Waals surface area contributed by atoms with Gasteiger partial charge in [0.1, 0.15) is 17.2 Å². The van der Waals surface area contributed by atoms with Crippen molar-refractivity contribution in [1.29, 1.82) is 0 Å². The third kappa shape index (κ3) is 3.38. The molecule has 3 nitrogen and oxygen atoms in total. The van der Waals surface area contributed by atoms with Crippen LogP contribution >= 0.6 is 11.8 Å². The van der Waals surface area contributed by atoms with E-state index in [0.717, 1.165) is 23.0 Å². The molecule has 0 saturated heterocycles. The second-order valence-corrected chi connectivity index (χ2v) is 4.82. The molecule has 0 aliphatic carbocycles. The van der Waals surface area contributed by atoms with Crippen LogP contribution in [0.5, 0.6) is 0 Å². The van der Waals surface area contributed by atoms with Gasteiger partial charge in [-0.15, -0.1) is 11.8 Å². The average molecular weight is 225 g/mol. The summed E-state index contributed by atoms with van der Waals surface area (Å²) in [4.78, 5) is 8.56. The minimum atomic E-state index is 0.688. The fourth-order valence-electron chi connectivity index (χ4n) is 1.30. The van der Waals surface area contributed by atoms with Crippen molar-refractivity contribution in [2.75, 3.05) is 18.1 Å². The van der Waals surface area contributed by atoms with E-state index in [2.05, 4.69) is 36.1 Å². The van der Waals surface area contributed by atoms with E-state index >= 15 is 0 Å². The Hall–Kier alpha value is -0.770. The summed E-state index contributed by atoms with van der Waals surface area (Å²) in [6.45, 7) is 6.58. The predicted molar refractivity (Wildman–Crippen MR) is 66.5 cm³/mol. The molecule has 0 aliphatic heterocycles. The lowest BCUT2D eigenvalue weighted by Crippen LogP contribution is -2.02. The number of thioether (sulfide) groups is 1. The van der Waals surface area contributed by atoms with Crippen LogP contribution in [-0.2, 0) is 6.42 Å². The van der Waals surface area contributed by atoms with Gasteiger partial charge in [0.2, 0.25) is 0 Å². The molecule has 84 valence electrons. The fourth-order valence-corrected chi connectivity index (χ4v) is 2.33. The molecule has 0 amide bonds. The number of anilines is 1. The Bertz CT molecular complexity index is 313. The molecule has 0 radical (unpaired) electrons. The zero-order valence-electron chi connectivity index (χ0n) is 9.87. The summed E-state index contributed by atoms with van der Waals surface area (Å²) in [5.41, 5.74) is 1.23. The van der Waals surface area contributed by atoms with Crippen LogP contribution in [0.4, 0.5) is 5.82 Å². The highest BCUT2D eigenvalue weighted by Gasteiger charge is 2.09. The molecule has 1 aromatic rings. The van der Waals surface area contributed by atoms with Crippen molar-refractivity contribution in [1.82, 2.24) is 9.97 Å².